The van der Waals surface area contributed by atoms with Crippen LogP contribution in [0, 0.1) is 0 Å². The van der Waals surface area contributed by atoms with Gasteiger partial charge < -0.3 is 15.5 Å². The van der Waals surface area contributed by atoms with E-state index in [9.17, 15) is 4.79 Å². The highest BCUT2D eigenvalue weighted by Gasteiger charge is 2.14. The van der Waals surface area contributed by atoms with Crippen LogP contribution in [0.4, 0.5) is 11.5 Å². The van der Waals surface area contributed by atoms with Crippen LogP contribution in [0.5, 0.6) is 0 Å². The Morgan fingerprint density at radius 3 is 2.75 bits per heavy atom. The van der Waals surface area contributed by atoms with Gasteiger partial charge in [0, 0.05) is 11.3 Å². The zero-order valence-electron chi connectivity index (χ0n) is 12.5. The number of carbonyl (C=O) groups is 1. The lowest BCUT2D eigenvalue weighted by Gasteiger charge is -2.06. The number of carbonyl (C=O) groups excluding carboxylic acids is 1. The summed E-state index contributed by atoms with van der Waals surface area (Å²) in [6.45, 7) is 0. The Bertz CT molecular complexity index is 1010. The van der Waals surface area contributed by atoms with E-state index in [1.54, 1.807) is 30.7 Å². The quantitative estimate of drug-likeness (QED) is 0.605. The molecule has 0 aliphatic carbocycles. The molecular weight excluding hydrogens is 306 g/mol. The molecule has 7 nitrogen and oxygen atoms in total. The van der Waals surface area contributed by atoms with Crippen molar-refractivity contribution in [1.82, 2.24) is 14.6 Å². The second-order valence-corrected chi connectivity index (χ2v) is 5.21. The fourth-order valence-corrected chi connectivity index (χ4v) is 2.38. The third-order valence-corrected chi connectivity index (χ3v) is 3.54. The minimum atomic E-state index is -0.261. The summed E-state index contributed by atoms with van der Waals surface area (Å²) in [5, 5.41) is 7.15. The Morgan fingerprint density at radius 2 is 2.00 bits per heavy atom. The largest absolute Gasteiger partial charge is 0.472 e. The number of anilines is 2. The number of nitrogens with one attached hydrogen (secondary N) is 1. The molecule has 0 aliphatic rings. The summed E-state index contributed by atoms with van der Waals surface area (Å²) in [5.41, 5.74) is 8.37. The fourth-order valence-electron chi connectivity index (χ4n) is 2.38. The van der Waals surface area contributed by atoms with Gasteiger partial charge in [-0.05, 0) is 30.3 Å². The van der Waals surface area contributed by atoms with Gasteiger partial charge in [0.1, 0.15) is 12.1 Å². The number of hydrogen-bond acceptors (Lipinski definition) is 5. The van der Waals surface area contributed by atoms with Gasteiger partial charge in [0.15, 0.2) is 11.5 Å². The number of para-hydroxylation sites is 1. The standard InChI is InChI=1S/C17H13N5O2/c18-14-8-12(17(23)19-13-4-2-1-3-5-13)9-15-20-16(21-22(14)15)11-6-7-24-10-11/h1-10H,18H2,(H,19,23). The maximum absolute atomic E-state index is 12.4. The Kier molecular flexibility index (Phi) is 3.24. The second-order valence-electron chi connectivity index (χ2n) is 5.21. The molecule has 1 aromatic carbocycles. The summed E-state index contributed by atoms with van der Waals surface area (Å²) >= 11 is 0. The van der Waals surface area contributed by atoms with Crippen LogP contribution in [0.25, 0.3) is 17.0 Å². The first-order valence-electron chi connectivity index (χ1n) is 7.26. The van der Waals surface area contributed by atoms with E-state index in [-0.39, 0.29) is 5.91 Å². The molecule has 0 aliphatic heterocycles. The first kappa shape index (κ1) is 14.0. The van der Waals surface area contributed by atoms with Gasteiger partial charge in [-0.15, -0.1) is 5.10 Å². The minimum absolute atomic E-state index is 0.261. The van der Waals surface area contributed by atoms with Crippen molar-refractivity contribution in [2.75, 3.05) is 11.1 Å². The van der Waals surface area contributed by atoms with Gasteiger partial charge in [-0.2, -0.15) is 4.52 Å². The van der Waals surface area contributed by atoms with Crippen LogP contribution < -0.4 is 11.1 Å². The van der Waals surface area contributed by atoms with Crippen LogP contribution in [-0.2, 0) is 0 Å². The normalized spacial score (nSPS) is 10.8. The van der Waals surface area contributed by atoms with Crippen LogP contribution in [0.1, 0.15) is 10.4 Å². The van der Waals surface area contributed by atoms with E-state index in [1.807, 2.05) is 30.3 Å². The first-order chi connectivity index (χ1) is 11.7. The molecule has 3 aromatic heterocycles. The Morgan fingerprint density at radius 1 is 1.17 bits per heavy atom. The molecule has 0 saturated carbocycles. The van der Waals surface area contributed by atoms with Gasteiger partial charge in [0.2, 0.25) is 0 Å². The van der Waals surface area contributed by atoms with Crippen molar-refractivity contribution >= 4 is 23.1 Å². The van der Waals surface area contributed by atoms with E-state index in [1.165, 1.54) is 4.52 Å². The minimum Gasteiger partial charge on any atom is -0.472 e. The van der Waals surface area contributed by atoms with Gasteiger partial charge in [-0.1, -0.05) is 18.2 Å². The number of nitrogens with two attached hydrogens (primary N) is 1. The molecule has 3 heterocycles. The maximum Gasteiger partial charge on any atom is 0.255 e. The Hall–Kier alpha value is -3.61. The topological polar surface area (TPSA) is 98.5 Å². The molecule has 0 saturated heterocycles. The van der Waals surface area contributed by atoms with E-state index in [2.05, 4.69) is 15.4 Å². The number of pyridine rings is 1. The van der Waals surface area contributed by atoms with E-state index < -0.39 is 0 Å². The van der Waals surface area contributed by atoms with Crippen molar-refractivity contribution < 1.29 is 9.21 Å². The molecule has 118 valence electrons. The first-order valence-corrected chi connectivity index (χ1v) is 7.26. The van der Waals surface area contributed by atoms with E-state index in [0.717, 1.165) is 5.56 Å². The van der Waals surface area contributed by atoms with Crippen LogP contribution in [-0.4, -0.2) is 20.5 Å². The molecule has 0 radical (unpaired) electrons. The zero-order chi connectivity index (χ0) is 16.5. The summed E-state index contributed by atoms with van der Waals surface area (Å²) in [6, 6.07) is 14.2. The summed E-state index contributed by atoms with van der Waals surface area (Å²) in [7, 11) is 0. The average molecular weight is 319 g/mol. The molecule has 3 N–H and O–H groups in total. The number of nitrogen functional groups attached to an aromatic ring is 1. The number of hydrogen-bond donors (Lipinski definition) is 2. The number of amides is 1. The highest BCUT2D eigenvalue weighted by atomic mass is 16.3. The van der Waals surface area contributed by atoms with Crippen molar-refractivity contribution in [3.05, 3.63) is 66.6 Å². The second kappa shape index (κ2) is 5.54. The molecule has 0 bridgehead atoms. The number of nitrogens with zero attached hydrogens (tertiary/aromatic N) is 3. The van der Waals surface area contributed by atoms with Crippen LogP contribution in [0.2, 0.25) is 0 Å². The molecule has 4 rings (SSSR count). The number of aromatic nitrogens is 3. The summed E-state index contributed by atoms with van der Waals surface area (Å²) in [5.74, 6) is 0.548. The van der Waals surface area contributed by atoms with Gasteiger partial charge >= 0.3 is 0 Å². The van der Waals surface area contributed by atoms with Crippen molar-refractivity contribution in [3.63, 3.8) is 0 Å². The van der Waals surface area contributed by atoms with Crippen molar-refractivity contribution in [1.29, 1.82) is 0 Å². The number of fused-ring (bicyclic) bond motifs is 1. The lowest BCUT2D eigenvalue weighted by atomic mass is 10.2. The predicted octanol–water partition coefficient (Wildman–Crippen LogP) is 2.82. The third-order valence-electron chi connectivity index (χ3n) is 3.54. The van der Waals surface area contributed by atoms with Gasteiger partial charge in [0.05, 0.1) is 11.8 Å². The molecule has 0 fully saturated rings. The average Bonchev–Trinajstić information content (AvgIpc) is 3.25. The smallest absolute Gasteiger partial charge is 0.255 e. The highest BCUT2D eigenvalue weighted by molar-refractivity contribution is 6.05. The Balaban J connectivity index is 1.70. The third kappa shape index (κ3) is 2.48. The van der Waals surface area contributed by atoms with Crippen molar-refractivity contribution in [2.24, 2.45) is 0 Å². The summed E-state index contributed by atoms with van der Waals surface area (Å²) < 4.78 is 6.53. The monoisotopic (exact) mass is 319 g/mol. The predicted molar refractivity (Wildman–Crippen MR) is 89.5 cm³/mol. The number of rotatable bonds is 3. The van der Waals surface area contributed by atoms with Gasteiger partial charge in [0.25, 0.3) is 5.91 Å². The van der Waals surface area contributed by atoms with E-state index in [4.69, 9.17) is 10.2 Å². The lowest BCUT2D eigenvalue weighted by molar-refractivity contribution is 0.102. The molecule has 1 amide bonds. The lowest BCUT2D eigenvalue weighted by Crippen LogP contribution is -2.13. The van der Waals surface area contributed by atoms with E-state index in [0.29, 0.717) is 28.5 Å². The SMILES string of the molecule is Nc1cc(C(=O)Nc2ccccc2)cc2nc(-c3ccoc3)nn12. The fraction of sp³-hybridized carbons (Fsp3) is 0. The number of furan rings is 1. The number of benzene rings is 1. The molecule has 0 spiro atoms. The van der Waals surface area contributed by atoms with Gasteiger partial charge in [-0.25, -0.2) is 4.98 Å². The molecule has 24 heavy (non-hydrogen) atoms. The van der Waals surface area contributed by atoms with Crippen LogP contribution in [0.15, 0.2) is 65.5 Å². The van der Waals surface area contributed by atoms with E-state index >= 15 is 0 Å². The summed E-state index contributed by atoms with van der Waals surface area (Å²) in [4.78, 5) is 16.8. The van der Waals surface area contributed by atoms with Crippen molar-refractivity contribution in [2.45, 2.75) is 0 Å². The maximum atomic E-state index is 12.4. The zero-order valence-corrected chi connectivity index (χ0v) is 12.5. The molecule has 4 aromatic rings. The summed E-state index contributed by atoms with van der Waals surface area (Å²) in [6.07, 6.45) is 3.09. The molecule has 7 heteroatoms. The molecule has 0 atom stereocenters. The molecular formula is C17H13N5O2. The molecule has 0 unspecified atom stereocenters. The highest BCUT2D eigenvalue weighted by Crippen LogP contribution is 2.20. The van der Waals surface area contributed by atoms with Gasteiger partial charge in [-0.3, -0.25) is 4.79 Å². The Labute approximate surface area is 136 Å². The van der Waals surface area contributed by atoms with Crippen LogP contribution >= 0.6 is 0 Å². The van der Waals surface area contributed by atoms with Crippen LogP contribution in [0.3, 0.4) is 0 Å². The van der Waals surface area contributed by atoms with Crippen molar-refractivity contribution in [3.8, 4) is 11.4 Å².